The van der Waals surface area contributed by atoms with Gasteiger partial charge in [-0.05, 0) is 56.6 Å². The Morgan fingerprint density at radius 1 is 1.16 bits per heavy atom. The highest BCUT2D eigenvalue weighted by Gasteiger charge is 2.31. The van der Waals surface area contributed by atoms with Crippen LogP contribution in [0.1, 0.15) is 31.7 Å². The number of benzene rings is 1. The summed E-state index contributed by atoms with van der Waals surface area (Å²) in [4.78, 5) is 16.8. The van der Waals surface area contributed by atoms with Crippen molar-refractivity contribution in [2.24, 2.45) is 0 Å². The number of rotatable bonds is 7. The Labute approximate surface area is 151 Å². The van der Waals surface area contributed by atoms with E-state index in [2.05, 4.69) is 29.3 Å². The fraction of sp³-hybridized carbons (Fsp3) is 0.650. The van der Waals surface area contributed by atoms with Crippen molar-refractivity contribution in [1.82, 2.24) is 15.1 Å². The number of ether oxygens (including phenoxy) is 1. The van der Waals surface area contributed by atoms with Crippen molar-refractivity contribution in [3.63, 3.8) is 0 Å². The smallest absolute Gasteiger partial charge is 0.224 e. The van der Waals surface area contributed by atoms with Gasteiger partial charge in [0.25, 0.3) is 0 Å². The number of nitrogens with one attached hydrogen (secondary N) is 1. The van der Waals surface area contributed by atoms with Crippen molar-refractivity contribution in [2.75, 3.05) is 39.8 Å². The number of methoxy groups -OCH3 is 1. The lowest BCUT2D eigenvalue weighted by Gasteiger charge is -2.33. The van der Waals surface area contributed by atoms with Crippen molar-refractivity contribution in [2.45, 2.75) is 44.7 Å². The normalized spacial score (nSPS) is 22.6. The molecular formula is C20H31N3O2. The number of hydrogen-bond donors (Lipinski definition) is 1. The zero-order valence-corrected chi connectivity index (χ0v) is 15.5. The first kappa shape index (κ1) is 18.2. The molecule has 0 aliphatic carbocycles. The fourth-order valence-electron chi connectivity index (χ4n) is 3.91. The lowest BCUT2D eigenvalue weighted by atomic mass is 10.0. The van der Waals surface area contributed by atoms with Gasteiger partial charge < -0.3 is 19.9 Å². The van der Waals surface area contributed by atoms with Gasteiger partial charge in [0, 0.05) is 31.6 Å². The summed E-state index contributed by atoms with van der Waals surface area (Å²) in [5.74, 6) is 1.16. The minimum Gasteiger partial charge on any atom is -0.497 e. The van der Waals surface area contributed by atoms with E-state index in [-0.39, 0.29) is 5.91 Å². The fourth-order valence-corrected chi connectivity index (χ4v) is 3.91. The van der Waals surface area contributed by atoms with E-state index in [1.54, 1.807) is 7.11 Å². The van der Waals surface area contributed by atoms with Crippen molar-refractivity contribution in [3.8, 4) is 5.75 Å². The third-order valence-electron chi connectivity index (χ3n) is 5.55. The van der Waals surface area contributed by atoms with Gasteiger partial charge in [0.1, 0.15) is 5.75 Å². The molecule has 2 saturated heterocycles. The van der Waals surface area contributed by atoms with E-state index in [4.69, 9.17) is 4.74 Å². The second kappa shape index (κ2) is 8.68. The Bertz CT molecular complexity index is 553. The largest absolute Gasteiger partial charge is 0.497 e. The van der Waals surface area contributed by atoms with E-state index >= 15 is 0 Å². The topological polar surface area (TPSA) is 44.8 Å². The van der Waals surface area contributed by atoms with E-state index < -0.39 is 0 Å². The maximum absolute atomic E-state index is 12.3. The van der Waals surface area contributed by atoms with Crippen LogP contribution in [0.3, 0.4) is 0 Å². The molecule has 2 aliphatic rings. The molecule has 1 N–H and O–H groups in total. The second-order valence-electron chi connectivity index (χ2n) is 7.21. The molecule has 2 aliphatic heterocycles. The van der Waals surface area contributed by atoms with Gasteiger partial charge in [0.2, 0.25) is 5.91 Å². The van der Waals surface area contributed by atoms with Gasteiger partial charge in [-0.25, -0.2) is 0 Å². The predicted molar refractivity (Wildman–Crippen MR) is 100.0 cm³/mol. The number of likely N-dealkylation sites (tertiary alicyclic amines) is 2. The summed E-state index contributed by atoms with van der Waals surface area (Å²) in [6, 6.07) is 9.01. The Hall–Kier alpha value is -1.59. The van der Waals surface area contributed by atoms with Crippen molar-refractivity contribution >= 4 is 5.91 Å². The van der Waals surface area contributed by atoms with Crippen LogP contribution in [0.5, 0.6) is 5.75 Å². The molecule has 1 aromatic rings. The van der Waals surface area contributed by atoms with Gasteiger partial charge in [-0.15, -0.1) is 0 Å². The van der Waals surface area contributed by atoms with Crippen LogP contribution in [-0.4, -0.2) is 67.6 Å². The summed E-state index contributed by atoms with van der Waals surface area (Å²) < 4.78 is 5.19. The Morgan fingerprint density at radius 2 is 1.88 bits per heavy atom. The summed E-state index contributed by atoms with van der Waals surface area (Å²) in [6.45, 7) is 7.38. The molecule has 1 amide bonds. The highest BCUT2D eigenvalue weighted by molar-refractivity contribution is 5.79. The standard InChI is InChI=1S/C20H31N3O2/c1-3-22-11-9-17(10-12-22)21-18-14-20(24)23(15-18)13-8-16-4-6-19(25-2)7-5-16/h4-7,17-18,21H,3,8-15H2,1-2H3. The molecule has 25 heavy (non-hydrogen) atoms. The highest BCUT2D eigenvalue weighted by atomic mass is 16.5. The molecule has 0 radical (unpaired) electrons. The van der Waals surface area contributed by atoms with E-state index in [1.165, 1.54) is 31.5 Å². The van der Waals surface area contributed by atoms with Crippen LogP contribution in [0.4, 0.5) is 0 Å². The number of amides is 1. The summed E-state index contributed by atoms with van der Waals surface area (Å²) in [7, 11) is 1.68. The van der Waals surface area contributed by atoms with Gasteiger partial charge >= 0.3 is 0 Å². The van der Waals surface area contributed by atoms with Gasteiger partial charge in [-0.2, -0.15) is 0 Å². The summed E-state index contributed by atoms with van der Waals surface area (Å²) in [5, 5.41) is 3.73. The van der Waals surface area contributed by atoms with Crippen LogP contribution in [-0.2, 0) is 11.2 Å². The molecule has 5 heteroatoms. The Kier molecular flexibility index (Phi) is 6.32. The van der Waals surface area contributed by atoms with Crippen LogP contribution in [0, 0.1) is 0 Å². The average Bonchev–Trinajstić information content (AvgIpc) is 3.00. The molecule has 138 valence electrons. The van der Waals surface area contributed by atoms with Gasteiger partial charge in [-0.3, -0.25) is 4.79 Å². The molecule has 0 spiro atoms. The maximum atomic E-state index is 12.3. The van der Waals surface area contributed by atoms with Crippen molar-refractivity contribution < 1.29 is 9.53 Å². The SMILES string of the molecule is CCN1CCC(NC2CC(=O)N(CCc3ccc(OC)cc3)C2)CC1. The summed E-state index contributed by atoms with van der Waals surface area (Å²) in [5.41, 5.74) is 1.25. The van der Waals surface area contributed by atoms with Crippen LogP contribution in [0.15, 0.2) is 24.3 Å². The van der Waals surface area contributed by atoms with Crippen molar-refractivity contribution in [3.05, 3.63) is 29.8 Å². The zero-order valence-electron chi connectivity index (χ0n) is 15.5. The molecule has 0 aromatic heterocycles. The van der Waals surface area contributed by atoms with Gasteiger partial charge in [-0.1, -0.05) is 19.1 Å². The molecule has 1 atom stereocenters. The molecule has 1 aromatic carbocycles. The van der Waals surface area contributed by atoms with Crippen LogP contribution >= 0.6 is 0 Å². The number of carbonyl (C=O) groups excluding carboxylic acids is 1. The molecule has 1 unspecified atom stereocenters. The minimum absolute atomic E-state index is 0.289. The average molecular weight is 345 g/mol. The summed E-state index contributed by atoms with van der Waals surface area (Å²) in [6.07, 6.45) is 3.95. The number of nitrogens with zero attached hydrogens (tertiary/aromatic N) is 2. The van der Waals surface area contributed by atoms with Crippen LogP contribution < -0.4 is 10.1 Å². The molecule has 5 nitrogen and oxygen atoms in total. The molecule has 2 heterocycles. The van der Waals surface area contributed by atoms with Gasteiger partial charge in [0.15, 0.2) is 0 Å². The second-order valence-corrected chi connectivity index (χ2v) is 7.21. The molecular weight excluding hydrogens is 314 g/mol. The third-order valence-corrected chi connectivity index (χ3v) is 5.55. The predicted octanol–water partition coefficient (Wildman–Crippen LogP) is 1.91. The molecule has 2 fully saturated rings. The lowest BCUT2D eigenvalue weighted by molar-refractivity contribution is -0.127. The number of hydrogen-bond acceptors (Lipinski definition) is 4. The zero-order chi connectivity index (χ0) is 17.6. The monoisotopic (exact) mass is 345 g/mol. The maximum Gasteiger partial charge on any atom is 0.224 e. The van der Waals surface area contributed by atoms with Crippen molar-refractivity contribution in [1.29, 1.82) is 0 Å². The van der Waals surface area contributed by atoms with Crippen LogP contribution in [0.2, 0.25) is 0 Å². The Balaban J connectivity index is 1.42. The molecule has 3 rings (SSSR count). The van der Waals surface area contributed by atoms with E-state index in [0.717, 1.165) is 31.8 Å². The molecule has 0 saturated carbocycles. The lowest BCUT2D eigenvalue weighted by Crippen LogP contribution is -2.46. The molecule has 0 bridgehead atoms. The summed E-state index contributed by atoms with van der Waals surface area (Å²) >= 11 is 0. The van der Waals surface area contributed by atoms with E-state index in [0.29, 0.717) is 18.5 Å². The highest BCUT2D eigenvalue weighted by Crippen LogP contribution is 2.17. The quantitative estimate of drug-likeness (QED) is 0.820. The third kappa shape index (κ3) is 4.95. The Morgan fingerprint density at radius 3 is 2.52 bits per heavy atom. The van der Waals surface area contributed by atoms with Gasteiger partial charge in [0.05, 0.1) is 7.11 Å². The first-order chi connectivity index (χ1) is 12.2. The van der Waals surface area contributed by atoms with Crippen LogP contribution in [0.25, 0.3) is 0 Å². The number of piperidine rings is 1. The van der Waals surface area contributed by atoms with E-state index in [9.17, 15) is 4.79 Å². The minimum atomic E-state index is 0.289. The first-order valence-electron chi connectivity index (χ1n) is 9.57. The number of carbonyl (C=O) groups is 1. The van der Waals surface area contributed by atoms with E-state index in [1.807, 2.05) is 17.0 Å². The first-order valence-corrected chi connectivity index (χ1v) is 9.57.